The maximum atomic E-state index is 13.0. The van der Waals surface area contributed by atoms with Gasteiger partial charge in [0.05, 0.1) is 12.7 Å². The lowest BCUT2D eigenvalue weighted by molar-refractivity contribution is -0.138. The second-order valence-corrected chi connectivity index (χ2v) is 8.00. The zero-order valence-electron chi connectivity index (χ0n) is 16.8. The van der Waals surface area contributed by atoms with Gasteiger partial charge in [-0.15, -0.1) is 0 Å². The molecule has 0 unspecified atom stereocenters. The first-order valence-corrected chi connectivity index (χ1v) is 9.51. The lowest BCUT2D eigenvalue weighted by atomic mass is 9.98. The Morgan fingerprint density at radius 3 is 2.67 bits per heavy atom. The van der Waals surface area contributed by atoms with E-state index < -0.39 is 6.04 Å². The molecule has 1 aromatic heterocycles. The number of nitrogens with one attached hydrogen (secondary N) is 1. The molecule has 27 heavy (non-hydrogen) atoms. The molecule has 146 valence electrons. The van der Waals surface area contributed by atoms with E-state index in [4.69, 9.17) is 10.2 Å². The molecule has 0 saturated carbocycles. The van der Waals surface area contributed by atoms with Crippen molar-refractivity contribution in [2.75, 3.05) is 6.54 Å². The van der Waals surface area contributed by atoms with Crippen LogP contribution in [0.4, 0.5) is 0 Å². The number of carbonyl (C=O) groups is 2. The van der Waals surface area contributed by atoms with E-state index in [9.17, 15) is 9.59 Å². The third-order valence-corrected chi connectivity index (χ3v) is 5.36. The van der Waals surface area contributed by atoms with E-state index in [0.717, 1.165) is 27.7 Å². The van der Waals surface area contributed by atoms with Crippen LogP contribution in [0.15, 0.2) is 16.7 Å². The van der Waals surface area contributed by atoms with Gasteiger partial charge in [0.1, 0.15) is 11.6 Å². The predicted molar refractivity (Wildman–Crippen MR) is 106 cm³/mol. The van der Waals surface area contributed by atoms with Crippen molar-refractivity contribution in [1.82, 2.24) is 10.2 Å². The van der Waals surface area contributed by atoms with Crippen LogP contribution in [0.25, 0.3) is 11.0 Å². The van der Waals surface area contributed by atoms with Gasteiger partial charge < -0.3 is 20.4 Å². The number of hydrogen-bond donors (Lipinski definition) is 2. The highest BCUT2D eigenvalue weighted by atomic mass is 16.3. The van der Waals surface area contributed by atoms with Crippen molar-refractivity contribution in [2.24, 2.45) is 5.73 Å². The summed E-state index contributed by atoms with van der Waals surface area (Å²) in [6, 6.07) is 1.46. The van der Waals surface area contributed by atoms with Crippen molar-refractivity contribution in [3.05, 3.63) is 34.6 Å². The monoisotopic (exact) mass is 371 g/mol. The minimum atomic E-state index is -0.502. The Labute approximate surface area is 160 Å². The first kappa shape index (κ1) is 19.4. The summed E-state index contributed by atoms with van der Waals surface area (Å²) in [4.78, 5) is 27.1. The second kappa shape index (κ2) is 7.35. The Hall–Kier alpha value is -2.34. The van der Waals surface area contributed by atoms with Gasteiger partial charge >= 0.3 is 0 Å². The highest BCUT2D eigenvalue weighted by molar-refractivity contribution is 5.94. The average molecular weight is 371 g/mol. The molecule has 2 heterocycles. The number of nitrogens with zero attached hydrogens (tertiary/aromatic N) is 1. The van der Waals surface area contributed by atoms with Gasteiger partial charge in [-0.2, -0.15) is 0 Å². The smallest absolute Gasteiger partial charge is 0.243 e. The quantitative estimate of drug-likeness (QED) is 0.863. The Bertz CT molecular complexity index is 884. The number of benzene rings is 1. The summed E-state index contributed by atoms with van der Waals surface area (Å²) >= 11 is 0. The fourth-order valence-corrected chi connectivity index (χ4v) is 3.95. The van der Waals surface area contributed by atoms with Gasteiger partial charge in [-0.1, -0.05) is 6.07 Å². The van der Waals surface area contributed by atoms with Crippen molar-refractivity contribution in [3.8, 4) is 0 Å². The third kappa shape index (κ3) is 3.72. The predicted octanol–water partition coefficient (Wildman–Crippen LogP) is 2.35. The molecule has 2 atom stereocenters. The zero-order valence-corrected chi connectivity index (χ0v) is 16.8. The molecule has 6 heteroatoms. The summed E-state index contributed by atoms with van der Waals surface area (Å²) in [5.74, 6) is -0.224. The molecule has 1 fully saturated rings. The molecule has 3 N–H and O–H groups in total. The maximum Gasteiger partial charge on any atom is 0.243 e. The second-order valence-electron chi connectivity index (χ2n) is 8.00. The van der Waals surface area contributed by atoms with Crippen LogP contribution in [-0.4, -0.2) is 41.4 Å². The summed E-state index contributed by atoms with van der Waals surface area (Å²) in [5, 5.41) is 3.89. The van der Waals surface area contributed by atoms with Crippen molar-refractivity contribution in [1.29, 1.82) is 0 Å². The van der Waals surface area contributed by atoms with Crippen LogP contribution < -0.4 is 11.1 Å². The molecule has 2 aromatic rings. The van der Waals surface area contributed by atoms with E-state index in [0.29, 0.717) is 13.0 Å². The number of nitrogens with two attached hydrogens (primary N) is 1. The van der Waals surface area contributed by atoms with Gasteiger partial charge in [0.2, 0.25) is 11.8 Å². The molecule has 1 aromatic carbocycles. The fraction of sp³-hybridized carbons (Fsp3) is 0.524. The number of amides is 2. The normalized spacial score (nSPS) is 19.9. The van der Waals surface area contributed by atoms with Crippen molar-refractivity contribution >= 4 is 22.8 Å². The SMILES string of the molecule is Cc1cc(C)c2c(CC(=O)N3C[C@@H](N)C[C@H]3C(=O)NC(C)C)coc2c1C. The van der Waals surface area contributed by atoms with Crippen LogP contribution in [-0.2, 0) is 16.0 Å². The van der Waals surface area contributed by atoms with Crippen LogP contribution in [0, 0.1) is 20.8 Å². The van der Waals surface area contributed by atoms with Crippen molar-refractivity contribution < 1.29 is 14.0 Å². The van der Waals surface area contributed by atoms with E-state index in [1.54, 1.807) is 11.2 Å². The van der Waals surface area contributed by atoms with Gasteiger partial charge in [-0.3, -0.25) is 9.59 Å². The molecule has 0 bridgehead atoms. The van der Waals surface area contributed by atoms with Crippen LogP contribution >= 0.6 is 0 Å². The zero-order chi connectivity index (χ0) is 19.9. The third-order valence-electron chi connectivity index (χ3n) is 5.36. The molecule has 0 spiro atoms. The Morgan fingerprint density at radius 1 is 1.30 bits per heavy atom. The molecule has 0 radical (unpaired) electrons. The first-order valence-electron chi connectivity index (χ1n) is 9.51. The number of aryl methyl sites for hydroxylation is 3. The van der Waals surface area contributed by atoms with E-state index in [-0.39, 0.29) is 30.3 Å². The standard InChI is InChI=1S/C21H29N3O3/c1-11(2)23-21(26)17-8-16(22)9-24(17)18(25)7-15-10-27-20-14(5)12(3)6-13(4)19(15)20/h6,10-11,16-17H,7-9,22H2,1-5H3,(H,23,26)/t16-,17-/m0/s1. The van der Waals surface area contributed by atoms with Crippen LogP contribution in [0.3, 0.4) is 0 Å². The number of hydrogen-bond acceptors (Lipinski definition) is 4. The minimum Gasteiger partial charge on any atom is -0.464 e. The number of carbonyl (C=O) groups excluding carboxylic acids is 2. The highest BCUT2D eigenvalue weighted by Crippen LogP contribution is 2.31. The van der Waals surface area contributed by atoms with E-state index >= 15 is 0 Å². The van der Waals surface area contributed by atoms with E-state index in [1.807, 2.05) is 27.7 Å². The van der Waals surface area contributed by atoms with Crippen molar-refractivity contribution in [2.45, 2.75) is 65.6 Å². The van der Waals surface area contributed by atoms with E-state index in [1.165, 1.54) is 5.56 Å². The van der Waals surface area contributed by atoms with Gasteiger partial charge in [0.25, 0.3) is 0 Å². The molecule has 2 amide bonds. The van der Waals surface area contributed by atoms with E-state index in [2.05, 4.69) is 18.3 Å². The molecule has 0 aliphatic carbocycles. The number of likely N-dealkylation sites (tertiary alicyclic amines) is 1. The number of furan rings is 1. The van der Waals surface area contributed by atoms with Crippen LogP contribution in [0.1, 0.15) is 42.5 Å². The highest BCUT2D eigenvalue weighted by Gasteiger charge is 2.38. The Morgan fingerprint density at radius 2 is 2.00 bits per heavy atom. The van der Waals surface area contributed by atoms with Gasteiger partial charge in [0.15, 0.2) is 0 Å². The summed E-state index contributed by atoms with van der Waals surface area (Å²) in [6.07, 6.45) is 2.36. The number of fused-ring (bicyclic) bond motifs is 1. The lowest BCUT2D eigenvalue weighted by Gasteiger charge is -2.24. The molecular formula is C21H29N3O3. The van der Waals surface area contributed by atoms with Crippen LogP contribution in [0.2, 0.25) is 0 Å². The van der Waals surface area contributed by atoms with Gasteiger partial charge in [0, 0.05) is 29.6 Å². The Kier molecular flexibility index (Phi) is 5.29. The maximum absolute atomic E-state index is 13.0. The molecule has 6 nitrogen and oxygen atoms in total. The topological polar surface area (TPSA) is 88.6 Å². The molecule has 1 saturated heterocycles. The fourth-order valence-electron chi connectivity index (χ4n) is 3.95. The molecule has 1 aliphatic heterocycles. The lowest BCUT2D eigenvalue weighted by Crippen LogP contribution is -2.48. The summed E-state index contributed by atoms with van der Waals surface area (Å²) < 4.78 is 5.78. The summed E-state index contributed by atoms with van der Waals surface area (Å²) in [5.41, 5.74) is 11.1. The summed E-state index contributed by atoms with van der Waals surface area (Å²) in [6.45, 7) is 10.3. The van der Waals surface area contributed by atoms with Crippen LogP contribution in [0.5, 0.6) is 0 Å². The Balaban J connectivity index is 1.85. The van der Waals surface area contributed by atoms with Gasteiger partial charge in [-0.25, -0.2) is 0 Å². The van der Waals surface area contributed by atoms with Gasteiger partial charge in [-0.05, 0) is 57.7 Å². The summed E-state index contributed by atoms with van der Waals surface area (Å²) in [7, 11) is 0. The molecule has 1 aliphatic rings. The molecular weight excluding hydrogens is 342 g/mol. The molecule has 3 rings (SSSR count). The first-order chi connectivity index (χ1) is 12.7. The average Bonchev–Trinajstić information content (AvgIpc) is 3.16. The van der Waals surface area contributed by atoms with Crippen molar-refractivity contribution in [3.63, 3.8) is 0 Å². The largest absolute Gasteiger partial charge is 0.464 e. The number of rotatable bonds is 4. The minimum absolute atomic E-state index is 0.0259.